The van der Waals surface area contributed by atoms with Crippen LogP contribution in [0.4, 0.5) is 0 Å². The first-order valence-electron chi connectivity index (χ1n) is 7.71. The van der Waals surface area contributed by atoms with Crippen LogP contribution in [0.5, 0.6) is 0 Å². The third-order valence-corrected chi connectivity index (χ3v) is 5.45. The number of ether oxygens (including phenoxy) is 1. The summed E-state index contributed by atoms with van der Waals surface area (Å²) < 4.78 is 30.3. The van der Waals surface area contributed by atoms with Gasteiger partial charge in [-0.1, -0.05) is 37.3 Å². The molecule has 0 amide bonds. The van der Waals surface area contributed by atoms with Crippen molar-refractivity contribution in [3.8, 4) is 0 Å². The van der Waals surface area contributed by atoms with E-state index in [2.05, 4.69) is 12.2 Å². The van der Waals surface area contributed by atoms with Crippen LogP contribution in [0.1, 0.15) is 37.8 Å². The van der Waals surface area contributed by atoms with Crippen LogP contribution in [-0.4, -0.2) is 39.2 Å². The van der Waals surface area contributed by atoms with Gasteiger partial charge in [0.2, 0.25) is 0 Å². The Kier molecular flexibility index (Phi) is 6.21. The Morgan fingerprint density at radius 1 is 1.33 bits per heavy atom. The fourth-order valence-electron chi connectivity index (χ4n) is 2.66. The molecule has 0 spiro atoms. The summed E-state index contributed by atoms with van der Waals surface area (Å²) in [5.74, 6) is 0.279. The molecule has 5 heteroatoms. The number of hydrogen-bond donors (Lipinski definition) is 1. The number of hydrogen-bond acceptors (Lipinski definition) is 4. The summed E-state index contributed by atoms with van der Waals surface area (Å²) in [6.07, 6.45) is 2.70. The Balaban J connectivity index is 2.03. The summed E-state index contributed by atoms with van der Waals surface area (Å²) in [5.41, 5.74) is 1.03. The lowest BCUT2D eigenvalue weighted by molar-refractivity contribution is 0.127. The van der Waals surface area contributed by atoms with Gasteiger partial charge < -0.3 is 10.1 Å². The highest BCUT2D eigenvalue weighted by atomic mass is 32.2. The molecule has 4 nitrogen and oxygen atoms in total. The Bertz CT molecular complexity index is 510. The molecule has 0 radical (unpaired) electrons. The van der Waals surface area contributed by atoms with Gasteiger partial charge in [0, 0.05) is 12.6 Å². The van der Waals surface area contributed by atoms with E-state index in [1.54, 1.807) is 0 Å². The number of nitrogens with one attached hydrogen (secondary N) is 1. The first-order valence-corrected chi connectivity index (χ1v) is 9.53. The molecule has 0 saturated carbocycles. The minimum absolute atomic E-state index is 0.113. The van der Waals surface area contributed by atoms with Crippen molar-refractivity contribution in [3.05, 3.63) is 35.9 Å². The van der Waals surface area contributed by atoms with Crippen LogP contribution in [0, 0.1) is 0 Å². The average molecular weight is 311 g/mol. The molecular formula is C16H25NO3S. The molecule has 21 heavy (non-hydrogen) atoms. The van der Waals surface area contributed by atoms with Crippen molar-refractivity contribution < 1.29 is 13.2 Å². The molecule has 1 aromatic carbocycles. The second-order valence-corrected chi connectivity index (χ2v) is 7.78. The van der Waals surface area contributed by atoms with Gasteiger partial charge in [-0.05, 0) is 31.4 Å². The average Bonchev–Trinajstić information content (AvgIpc) is 2.96. The van der Waals surface area contributed by atoms with Gasteiger partial charge in [0.15, 0.2) is 9.84 Å². The predicted molar refractivity (Wildman–Crippen MR) is 85.1 cm³/mol. The zero-order valence-electron chi connectivity index (χ0n) is 12.6. The largest absolute Gasteiger partial charge is 0.377 e. The fraction of sp³-hybridized carbons (Fsp3) is 0.625. The zero-order chi connectivity index (χ0) is 15.1. The smallest absolute Gasteiger partial charge is 0.154 e. The molecule has 0 aliphatic carbocycles. The maximum Gasteiger partial charge on any atom is 0.154 e. The molecule has 1 aliphatic rings. The van der Waals surface area contributed by atoms with Gasteiger partial charge in [0.25, 0.3) is 0 Å². The molecule has 1 saturated heterocycles. The van der Waals surface area contributed by atoms with E-state index in [1.165, 1.54) is 0 Å². The molecule has 1 aromatic rings. The van der Waals surface area contributed by atoms with Gasteiger partial charge in [-0.3, -0.25) is 0 Å². The molecule has 2 atom stereocenters. The van der Waals surface area contributed by atoms with Crippen LogP contribution in [0.15, 0.2) is 30.3 Å². The maximum absolute atomic E-state index is 12.4. The number of benzene rings is 1. The van der Waals surface area contributed by atoms with E-state index in [-0.39, 0.29) is 23.7 Å². The summed E-state index contributed by atoms with van der Waals surface area (Å²) in [6, 6.07) is 9.66. The monoisotopic (exact) mass is 311 g/mol. The highest BCUT2D eigenvalue weighted by Crippen LogP contribution is 2.19. The van der Waals surface area contributed by atoms with Crippen LogP contribution in [0.25, 0.3) is 0 Å². The van der Waals surface area contributed by atoms with Crippen molar-refractivity contribution in [2.75, 3.05) is 24.7 Å². The quantitative estimate of drug-likeness (QED) is 0.800. The van der Waals surface area contributed by atoms with E-state index >= 15 is 0 Å². The number of sulfone groups is 1. The van der Waals surface area contributed by atoms with Crippen molar-refractivity contribution >= 4 is 9.84 Å². The lowest BCUT2D eigenvalue weighted by atomic mass is 10.1. The predicted octanol–water partition coefficient (Wildman–Crippen LogP) is 2.32. The van der Waals surface area contributed by atoms with Gasteiger partial charge >= 0.3 is 0 Å². The van der Waals surface area contributed by atoms with Crippen molar-refractivity contribution in [1.82, 2.24) is 5.32 Å². The first-order chi connectivity index (χ1) is 10.1. The normalized spacial score (nSPS) is 20.5. The molecule has 2 unspecified atom stereocenters. The fourth-order valence-corrected chi connectivity index (χ4v) is 4.44. The third-order valence-electron chi connectivity index (χ3n) is 3.73. The Morgan fingerprint density at radius 3 is 2.71 bits per heavy atom. The SMILES string of the molecule is CCCNC(CS(=O)(=O)CC1CCCO1)c1ccccc1. The van der Waals surface area contributed by atoms with Crippen LogP contribution < -0.4 is 5.32 Å². The zero-order valence-corrected chi connectivity index (χ0v) is 13.4. The molecule has 1 aliphatic heterocycles. The van der Waals surface area contributed by atoms with Gasteiger partial charge in [-0.25, -0.2) is 8.42 Å². The molecule has 0 bridgehead atoms. The summed E-state index contributed by atoms with van der Waals surface area (Å²) in [6.45, 7) is 3.58. The van der Waals surface area contributed by atoms with Crippen molar-refractivity contribution in [2.45, 2.75) is 38.3 Å². The lowest BCUT2D eigenvalue weighted by Crippen LogP contribution is -2.32. The minimum atomic E-state index is -3.13. The molecule has 0 aromatic heterocycles. The highest BCUT2D eigenvalue weighted by Gasteiger charge is 2.26. The number of rotatable bonds is 8. The third kappa shape index (κ3) is 5.41. The first kappa shape index (κ1) is 16.5. The Morgan fingerprint density at radius 2 is 2.10 bits per heavy atom. The highest BCUT2D eigenvalue weighted by molar-refractivity contribution is 7.91. The minimum Gasteiger partial charge on any atom is -0.377 e. The van der Waals surface area contributed by atoms with E-state index in [0.717, 1.165) is 31.4 Å². The van der Waals surface area contributed by atoms with Crippen molar-refractivity contribution in [1.29, 1.82) is 0 Å². The van der Waals surface area contributed by atoms with Crippen molar-refractivity contribution in [3.63, 3.8) is 0 Å². The summed E-state index contributed by atoms with van der Waals surface area (Å²) in [4.78, 5) is 0. The standard InChI is InChI=1S/C16H25NO3S/c1-2-10-17-16(14-7-4-3-5-8-14)13-21(18,19)12-15-9-6-11-20-15/h3-5,7-8,15-17H,2,6,9-13H2,1H3. The maximum atomic E-state index is 12.4. The van der Waals surface area contributed by atoms with E-state index in [9.17, 15) is 8.42 Å². The Hall–Kier alpha value is -0.910. The molecule has 1 fully saturated rings. The summed E-state index contributed by atoms with van der Waals surface area (Å²) in [7, 11) is -3.13. The van der Waals surface area contributed by atoms with E-state index < -0.39 is 9.84 Å². The molecule has 1 N–H and O–H groups in total. The van der Waals surface area contributed by atoms with Crippen LogP contribution in [-0.2, 0) is 14.6 Å². The second kappa shape index (κ2) is 7.92. The van der Waals surface area contributed by atoms with E-state index in [4.69, 9.17) is 4.74 Å². The van der Waals surface area contributed by atoms with Crippen LogP contribution >= 0.6 is 0 Å². The van der Waals surface area contributed by atoms with Crippen LogP contribution in [0.2, 0.25) is 0 Å². The Labute approximate surface area is 127 Å². The van der Waals surface area contributed by atoms with Gasteiger partial charge in [0.1, 0.15) is 0 Å². The van der Waals surface area contributed by atoms with Gasteiger partial charge in [-0.15, -0.1) is 0 Å². The van der Waals surface area contributed by atoms with Gasteiger partial charge in [0.05, 0.1) is 17.6 Å². The second-order valence-electron chi connectivity index (χ2n) is 5.63. The summed E-state index contributed by atoms with van der Waals surface area (Å²) in [5, 5.41) is 3.35. The van der Waals surface area contributed by atoms with Crippen LogP contribution in [0.3, 0.4) is 0 Å². The van der Waals surface area contributed by atoms with Gasteiger partial charge in [-0.2, -0.15) is 0 Å². The summed E-state index contributed by atoms with van der Waals surface area (Å²) >= 11 is 0. The van der Waals surface area contributed by atoms with Crippen molar-refractivity contribution in [2.24, 2.45) is 0 Å². The molecule has 2 rings (SSSR count). The molecular weight excluding hydrogens is 286 g/mol. The lowest BCUT2D eigenvalue weighted by Gasteiger charge is -2.20. The topological polar surface area (TPSA) is 55.4 Å². The van der Waals surface area contributed by atoms with E-state index in [0.29, 0.717) is 6.61 Å². The van der Waals surface area contributed by atoms with E-state index in [1.807, 2.05) is 30.3 Å². The molecule has 118 valence electrons. The molecule has 1 heterocycles.